The van der Waals surface area contributed by atoms with Crippen LogP contribution in [0.15, 0.2) is 54.6 Å². The Hall–Kier alpha value is -3.92. The van der Waals surface area contributed by atoms with Crippen molar-refractivity contribution in [1.29, 1.82) is 0 Å². The first kappa shape index (κ1) is 53.2. The van der Waals surface area contributed by atoms with Gasteiger partial charge in [-0.15, -0.1) is 0 Å². The zero-order valence-electron chi connectivity index (χ0n) is 33.2. The first-order valence-electron chi connectivity index (χ1n) is 19.3. The molecule has 335 valence electrons. The molecule has 1 radical (unpaired) electrons. The molecule has 4 N–H and O–H groups in total. The normalized spacial score (nSPS) is 16.3. The third kappa shape index (κ3) is 20.2. The Labute approximate surface area is 384 Å². The molecule has 2 amide bonds. The van der Waals surface area contributed by atoms with Crippen LogP contribution in [-0.2, 0) is 44.5 Å². The number of amides is 2. The average Bonchev–Trinajstić information content (AvgIpc) is 3.16. The van der Waals surface area contributed by atoms with Gasteiger partial charge in [0, 0.05) is 71.2 Å². The maximum atomic E-state index is 13.1. The van der Waals surface area contributed by atoms with Crippen LogP contribution in [0.3, 0.4) is 0 Å². The van der Waals surface area contributed by atoms with Crippen molar-refractivity contribution in [2.45, 2.75) is 56.8 Å². The van der Waals surface area contributed by atoms with E-state index in [2.05, 4.69) is 10.6 Å². The van der Waals surface area contributed by atoms with E-state index < -0.39 is 132 Å². The summed E-state index contributed by atoms with van der Waals surface area (Å²) in [7, 11) is -5.11. The molecule has 1 fully saturated rings. The second-order valence-electron chi connectivity index (χ2n) is 14.7. The van der Waals surface area contributed by atoms with Gasteiger partial charge in [-0.25, -0.2) is 0 Å². The summed E-state index contributed by atoms with van der Waals surface area (Å²) in [6, 6.07) is 15.7. The Morgan fingerprint density at radius 1 is 0.689 bits per heavy atom. The predicted octanol–water partition coefficient (Wildman–Crippen LogP) is -5.76. The number of carboxylic acids is 5. The van der Waals surface area contributed by atoms with Gasteiger partial charge in [0.2, 0.25) is 11.8 Å². The molecule has 0 heterocycles. The topological polar surface area (TPSA) is 326 Å². The van der Waals surface area contributed by atoms with Crippen LogP contribution < -0.4 is 36.2 Å². The molecule has 0 bridgehead atoms. The average molecular weight is 1020 g/mol. The molecule has 0 aliphatic heterocycles. The molecule has 0 spiro atoms. The minimum absolute atomic E-state index is 0. The standard InChI is InChI=1S/C39H54N5O15P.Gd/c45-32(14-15-33(60(57,58)59)44(18-16-42(22-34(46)47)23-35(48)49)19-17-43(24-36(50)51)25-37(52)53)40-21-27-8-12-30(13-9-27)38(54)41-31(39(55)56)20-26-6-10-29(11-7-26)28-4-2-1-3-5-28;/h1-7,10-11,27,30-31,33H,8-9,12-25H2,(H,40,45)(H,41,54)(H,46,47)(H,48,49)(H,50,51)(H,52,53)(H,55,56)(H2,57,58,59);/q;+3/p-5. The smallest absolute Gasteiger partial charge is 0.549 e. The van der Waals surface area contributed by atoms with Gasteiger partial charge in [0.25, 0.3) is 0 Å². The number of carboxylic acid groups (broad SMARTS) is 5. The van der Waals surface area contributed by atoms with E-state index in [4.69, 9.17) is 0 Å². The maximum Gasteiger partial charge on any atom is 3.00 e. The van der Waals surface area contributed by atoms with E-state index in [0.717, 1.165) is 25.8 Å². The van der Waals surface area contributed by atoms with Crippen molar-refractivity contribution in [3.8, 4) is 11.1 Å². The van der Waals surface area contributed by atoms with Crippen molar-refractivity contribution in [1.82, 2.24) is 25.3 Å². The molecular weight excluding hydrogens is 967 g/mol. The minimum Gasteiger partial charge on any atom is -0.549 e. The number of aliphatic carboxylic acids is 5. The summed E-state index contributed by atoms with van der Waals surface area (Å²) in [6.07, 6.45) is 0.972. The van der Waals surface area contributed by atoms with Gasteiger partial charge >= 0.3 is 47.5 Å². The number of nitrogens with zero attached hydrogens (tertiary/aromatic N) is 3. The number of carbonyl (C=O) groups is 7. The number of carbonyl (C=O) groups excluding carboxylic acids is 7. The van der Waals surface area contributed by atoms with Crippen LogP contribution in [0.2, 0.25) is 0 Å². The third-order valence-electron chi connectivity index (χ3n) is 10.2. The van der Waals surface area contributed by atoms with Crippen LogP contribution in [0.4, 0.5) is 0 Å². The number of hydrogen-bond acceptors (Lipinski definition) is 16. The van der Waals surface area contributed by atoms with Crippen molar-refractivity contribution < 1.29 is 113 Å². The fourth-order valence-corrected chi connectivity index (χ4v) is 8.21. The molecule has 2 aromatic carbocycles. The van der Waals surface area contributed by atoms with Crippen molar-refractivity contribution in [2.24, 2.45) is 11.8 Å². The molecule has 61 heavy (non-hydrogen) atoms. The van der Waals surface area contributed by atoms with E-state index >= 15 is 0 Å². The molecule has 2 unspecified atom stereocenters. The van der Waals surface area contributed by atoms with Crippen molar-refractivity contribution >= 4 is 49.3 Å². The molecule has 0 aromatic heterocycles. The molecule has 3 rings (SSSR count). The Balaban J connectivity index is 0.0000128. The van der Waals surface area contributed by atoms with Crippen molar-refractivity contribution in [3.05, 3.63) is 60.2 Å². The summed E-state index contributed by atoms with van der Waals surface area (Å²) in [5, 5.41) is 62.0. The molecule has 20 nitrogen and oxygen atoms in total. The second-order valence-corrected chi connectivity index (χ2v) is 16.5. The molecule has 2 atom stereocenters. The summed E-state index contributed by atoms with van der Waals surface area (Å²) in [5.41, 5.74) is 2.66. The van der Waals surface area contributed by atoms with Gasteiger partial charge in [-0.1, -0.05) is 54.6 Å². The van der Waals surface area contributed by atoms with Crippen LogP contribution in [-0.4, -0.2) is 137 Å². The summed E-state index contributed by atoms with van der Waals surface area (Å²) in [4.78, 5) is 106. The van der Waals surface area contributed by atoms with E-state index in [0.29, 0.717) is 31.2 Å². The van der Waals surface area contributed by atoms with Crippen LogP contribution in [0.25, 0.3) is 11.1 Å². The van der Waals surface area contributed by atoms with E-state index in [1.54, 1.807) is 12.1 Å². The fourth-order valence-electron chi connectivity index (χ4n) is 7.09. The number of rotatable bonds is 27. The first-order valence-corrected chi connectivity index (χ1v) is 20.9. The number of hydrogen-bond donors (Lipinski definition) is 4. The van der Waals surface area contributed by atoms with E-state index in [-0.39, 0.29) is 58.8 Å². The Morgan fingerprint density at radius 2 is 1.16 bits per heavy atom. The van der Waals surface area contributed by atoms with Crippen LogP contribution >= 0.6 is 7.60 Å². The maximum absolute atomic E-state index is 13.1. The van der Waals surface area contributed by atoms with E-state index in [1.165, 1.54) is 0 Å². The SMILES string of the molecule is O=C([O-])CN(CCN(CCN(CC(=O)[O-])CC(=O)[O-])C(CCC(=O)NCC1CCC(C(=O)NC(Cc2ccc(-c3ccccc3)cc2)C(=O)[O-])CC1)P(=O)(O)O)CC(=O)[O-].[Gd+3]. The number of benzene rings is 2. The Kier molecular flexibility index (Phi) is 23.2. The summed E-state index contributed by atoms with van der Waals surface area (Å²) in [6.45, 7) is -5.02. The zero-order chi connectivity index (χ0) is 44.4. The minimum atomic E-state index is -5.11. The second kappa shape index (κ2) is 26.5. The van der Waals surface area contributed by atoms with Crippen LogP contribution in [0.1, 0.15) is 44.1 Å². The van der Waals surface area contributed by atoms with E-state index in [1.807, 2.05) is 42.5 Å². The fraction of sp³-hybridized carbons (Fsp3) is 0.513. The third-order valence-corrected chi connectivity index (χ3v) is 11.5. The molecule has 22 heteroatoms. The summed E-state index contributed by atoms with van der Waals surface area (Å²) in [5.74, 6) is -11.3. The molecule has 1 saturated carbocycles. The Bertz CT molecular complexity index is 1750. The van der Waals surface area contributed by atoms with Gasteiger partial charge in [0.1, 0.15) is 5.78 Å². The first-order chi connectivity index (χ1) is 28.3. The predicted molar refractivity (Wildman–Crippen MR) is 201 cm³/mol. The van der Waals surface area contributed by atoms with Gasteiger partial charge in [-0.05, 0) is 61.1 Å². The largest absolute Gasteiger partial charge is 3.00 e. The van der Waals surface area contributed by atoms with Crippen molar-refractivity contribution in [2.75, 3.05) is 58.9 Å². The van der Waals surface area contributed by atoms with Gasteiger partial charge in [-0.2, -0.15) is 0 Å². The van der Waals surface area contributed by atoms with Crippen molar-refractivity contribution in [3.63, 3.8) is 0 Å². The summed E-state index contributed by atoms with van der Waals surface area (Å²) < 4.78 is 12.7. The molecule has 2 aromatic rings. The van der Waals surface area contributed by atoms with Crippen LogP contribution in [0, 0.1) is 51.8 Å². The quantitative estimate of drug-likeness (QED) is 0.0606. The Morgan fingerprint density at radius 3 is 1.61 bits per heavy atom. The van der Waals surface area contributed by atoms with Gasteiger partial charge < -0.3 is 69.9 Å². The molecule has 1 aliphatic carbocycles. The molecular formula is C39H49GdN5O15P-2. The van der Waals surface area contributed by atoms with E-state index in [9.17, 15) is 73.4 Å². The number of nitrogens with one attached hydrogen (secondary N) is 2. The van der Waals surface area contributed by atoms with Gasteiger partial charge in [0.15, 0.2) is 0 Å². The van der Waals surface area contributed by atoms with Crippen LogP contribution in [0.5, 0.6) is 0 Å². The van der Waals surface area contributed by atoms with Gasteiger partial charge in [-0.3, -0.25) is 28.9 Å². The molecule has 1 aliphatic rings. The molecule has 0 saturated heterocycles. The summed E-state index contributed by atoms with van der Waals surface area (Å²) >= 11 is 0. The zero-order valence-corrected chi connectivity index (χ0v) is 36.3. The van der Waals surface area contributed by atoms with Gasteiger partial charge in [0.05, 0.1) is 35.9 Å². The monoisotopic (exact) mass is 1020 g/mol.